The van der Waals surface area contributed by atoms with E-state index in [2.05, 4.69) is 16.7 Å². The summed E-state index contributed by atoms with van der Waals surface area (Å²) < 4.78 is 43.9. The molecular formula is C22H16Cl2F3N3O3S. The predicted molar refractivity (Wildman–Crippen MR) is 124 cm³/mol. The van der Waals surface area contributed by atoms with Crippen LogP contribution in [-0.4, -0.2) is 24.7 Å². The summed E-state index contributed by atoms with van der Waals surface area (Å²) in [6.07, 6.45) is -4.60. The van der Waals surface area contributed by atoms with Crippen LogP contribution in [0.1, 0.15) is 23.5 Å². The second-order valence-corrected chi connectivity index (χ2v) is 8.88. The lowest BCUT2D eigenvalue weighted by atomic mass is 9.87. The Bertz CT molecular complexity index is 1210. The third-order valence-corrected chi connectivity index (χ3v) is 6.49. The van der Waals surface area contributed by atoms with Gasteiger partial charge in [-0.2, -0.15) is 18.4 Å². The van der Waals surface area contributed by atoms with Crippen molar-refractivity contribution in [2.75, 3.05) is 18.2 Å². The Morgan fingerprint density at radius 2 is 2.00 bits per heavy atom. The molecule has 1 heterocycles. The van der Waals surface area contributed by atoms with Gasteiger partial charge in [0.1, 0.15) is 5.75 Å². The highest BCUT2D eigenvalue weighted by Gasteiger charge is 2.32. The van der Waals surface area contributed by atoms with E-state index in [0.717, 1.165) is 30.0 Å². The van der Waals surface area contributed by atoms with E-state index in [9.17, 15) is 28.0 Å². The van der Waals surface area contributed by atoms with Crippen molar-refractivity contribution in [3.8, 4) is 11.8 Å². The van der Waals surface area contributed by atoms with Gasteiger partial charge in [0.25, 0.3) is 0 Å². The van der Waals surface area contributed by atoms with Crippen LogP contribution in [0.15, 0.2) is 47.0 Å². The summed E-state index contributed by atoms with van der Waals surface area (Å²) in [4.78, 5) is 24.7. The van der Waals surface area contributed by atoms with Crippen molar-refractivity contribution in [3.63, 3.8) is 0 Å². The lowest BCUT2D eigenvalue weighted by Gasteiger charge is -2.25. The fourth-order valence-electron chi connectivity index (χ4n) is 3.24. The molecule has 2 N–H and O–H groups in total. The van der Waals surface area contributed by atoms with Gasteiger partial charge in [0.2, 0.25) is 11.8 Å². The van der Waals surface area contributed by atoms with Crippen molar-refractivity contribution in [2.24, 2.45) is 0 Å². The molecule has 1 aliphatic heterocycles. The van der Waals surface area contributed by atoms with Crippen molar-refractivity contribution in [3.05, 3.63) is 68.2 Å². The normalized spacial score (nSPS) is 16.0. The first-order valence-electron chi connectivity index (χ1n) is 9.60. The molecule has 1 atom stereocenters. The number of carbonyl (C=O) groups is 2. The van der Waals surface area contributed by atoms with E-state index in [-0.39, 0.29) is 39.4 Å². The molecule has 0 spiro atoms. The van der Waals surface area contributed by atoms with Gasteiger partial charge in [-0.15, -0.1) is 0 Å². The lowest BCUT2D eigenvalue weighted by molar-refractivity contribution is -0.137. The summed E-state index contributed by atoms with van der Waals surface area (Å²) >= 11 is 13.0. The number of benzene rings is 2. The lowest BCUT2D eigenvalue weighted by Crippen LogP contribution is -2.31. The maximum atomic E-state index is 12.9. The molecule has 0 saturated heterocycles. The van der Waals surface area contributed by atoms with E-state index in [1.54, 1.807) is 18.2 Å². The van der Waals surface area contributed by atoms with Gasteiger partial charge in [-0.1, -0.05) is 41.0 Å². The molecule has 178 valence electrons. The monoisotopic (exact) mass is 529 g/mol. The number of amides is 2. The predicted octanol–water partition coefficient (Wildman–Crippen LogP) is 5.73. The van der Waals surface area contributed by atoms with Gasteiger partial charge in [0.05, 0.1) is 50.8 Å². The second kappa shape index (κ2) is 10.6. The van der Waals surface area contributed by atoms with E-state index < -0.39 is 23.6 Å². The molecule has 0 aromatic heterocycles. The molecule has 6 nitrogen and oxygen atoms in total. The quantitative estimate of drug-likeness (QED) is 0.498. The zero-order chi connectivity index (χ0) is 25.0. The van der Waals surface area contributed by atoms with Crippen LogP contribution in [0.5, 0.6) is 5.75 Å². The zero-order valence-corrected chi connectivity index (χ0v) is 19.8. The smallest absolute Gasteiger partial charge is 0.416 e. The number of hydrogen-bond donors (Lipinski definition) is 2. The Hall–Kier alpha value is -2.87. The van der Waals surface area contributed by atoms with Crippen LogP contribution in [0.25, 0.3) is 0 Å². The first-order valence-corrected chi connectivity index (χ1v) is 11.3. The summed E-state index contributed by atoms with van der Waals surface area (Å²) in [5.41, 5.74) is -0.309. The number of ether oxygens (including phenoxy) is 1. The minimum absolute atomic E-state index is 0.00164. The first kappa shape index (κ1) is 25.7. The van der Waals surface area contributed by atoms with Gasteiger partial charge < -0.3 is 15.4 Å². The highest BCUT2D eigenvalue weighted by atomic mass is 35.5. The number of rotatable bonds is 6. The number of methoxy groups -OCH3 is 1. The average molecular weight is 530 g/mol. The number of anilines is 1. The van der Waals surface area contributed by atoms with Crippen LogP contribution in [0, 0.1) is 11.3 Å². The number of alkyl halides is 3. The molecule has 0 radical (unpaired) electrons. The molecule has 0 unspecified atom stereocenters. The van der Waals surface area contributed by atoms with E-state index >= 15 is 0 Å². The second-order valence-electron chi connectivity index (χ2n) is 7.08. The third kappa shape index (κ3) is 5.97. The largest absolute Gasteiger partial charge is 0.495 e. The van der Waals surface area contributed by atoms with Crippen LogP contribution in [0.2, 0.25) is 10.0 Å². The van der Waals surface area contributed by atoms with Gasteiger partial charge in [-0.25, -0.2) is 0 Å². The first-order chi connectivity index (χ1) is 16.0. The summed E-state index contributed by atoms with van der Waals surface area (Å²) in [6.45, 7) is 0. The zero-order valence-electron chi connectivity index (χ0n) is 17.4. The highest BCUT2D eigenvalue weighted by Crippen LogP contribution is 2.39. The Kier molecular flexibility index (Phi) is 8.02. The number of carbonyl (C=O) groups excluding carboxylic acids is 2. The minimum Gasteiger partial charge on any atom is -0.495 e. The van der Waals surface area contributed by atoms with Gasteiger partial charge in [-0.05, 0) is 35.9 Å². The summed E-state index contributed by atoms with van der Waals surface area (Å²) in [6, 6.07) is 9.56. The van der Waals surface area contributed by atoms with E-state index in [0.29, 0.717) is 16.3 Å². The Morgan fingerprint density at radius 3 is 2.62 bits per heavy atom. The Morgan fingerprint density at radius 1 is 1.26 bits per heavy atom. The summed E-state index contributed by atoms with van der Waals surface area (Å²) in [7, 11) is 1.46. The van der Waals surface area contributed by atoms with Crippen LogP contribution in [0.4, 0.5) is 18.9 Å². The minimum atomic E-state index is -4.60. The van der Waals surface area contributed by atoms with E-state index in [1.165, 1.54) is 7.11 Å². The molecule has 3 rings (SSSR count). The van der Waals surface area contributed by atoms with Gasteiger partial charge in [0, 0.05) is 12.3 Å². The SMILES string of the molecule is COc1ccc([C@@H]2CC(=O)NC(SCC(=O)Nc3cc(C(F)(F)F)ccc3Cl)=C2C#N)cc1Cl. The van der Waals surface area contributed by atoms with Crippen LogP contribution >= 0.6 is 35.0 Å². The molecule has 0 aliphatic carbocycles. The van der Waals surface area contributed by atoms with Crippen molar-refractivity contribution < 1.29 is 27.5 Å². The maximum Gasteiger partial charge on any atom is 0.416 e. The van der Waals surface area contributed by atoms with Crippen LogP contribution in [-0.2, 0) is 15.8 Å². The molecule has 12 heteroatoms. The molecule has 2 aromatic rings. The van der Waals surface area contributed by atoms with E-state index in [1.807, 2.05) is 0 Å². The van der Waals surface area contributed by atoms with Crippen LogP contribution < -0.4 is 15.4 Å². The topological polar surface area (TPSA) is 91.2 Å². The van der Waals surface area contributed by atoms with E-state index in [4.69, 9.17) is 27.9 Å². The number of hydrogen-bond acceptors (Lipinski definition) is 5. The van der Waals surface area contributed by atoms with Crippen molar-refractivity contribution in [2.45, 2.75) is 18.5 Å². The molecule has 2 amide bonds. The summed E-state index contributed by atoms with van der Waals surface area (Å²) in [5, 5.41) is 15.1. The van der Waals surface area contributed by atoms with Gasteiger partial charge in [-0.3, -0.25) is 9.59 Å². The Labute approximate surface area is 207 Å². The van der Waals surface area contributed by atoms with Gasteiger partial charge in [0.15, 0.2) is 0 Å². The molecule has 1 aliphatic rings. The fourth-order valence-corrected chi connectivity index (χ4v) is 4.55. The molecule has 0 saturated carbocycles. The molecule has 2 aromatic carbocycles. The molecule has 0 bridgehead atoms. The molecular weight excluding hydrogens is 514 g/mol. The van der Waals surface area contributed by atoms with Crippen molar-refractivity contribution >= 4 is 52.5 Å². The van der Waals surface area contributed by atoms with Gasteiger partial charge >= 0.3 is 6.18 Å². The van der Waals surface area contributed by atoms with Crippen molar-refractivity contribution in [1.82, 2.24) is 5.32 Å². The number of nitrogens with one attached hydrogen (secondary N) is 2. The fraction of sp³-hybridized carbons (Fsp3) is 0.227. The average Bonchev–Trinajstić information content (AvgIpc) is 2.78. The summed E-state index contributed by atoms with van der Waals surface area (Å²) in [5.74, 6) is -1.47. The molecule has 34 heavy (non-hydrogen) atoms. The highest BCUT2D eigenvalue weighted by molar-refractivity contribution is 8.03. The third-order valence-electron chi connectivity index (χ3n) is 4.85. The Balaban J connectivity index is 1.79. The maximum absolute atomic E-state index is 12.9. The van der Waals surface area contributed by atoms with Crippen molar-refractivity contribution in [1.29, 1.82) is 5.26 Å². The molecule has 0 fully saturated rings. The number of nitrogens with zero attached hydrogens (tertiary/aromatic N) is 1. The number of thioether (sulfide) groups is 1. The van der Waals surface area contributed by atoms with Crippen LogP contribution in [0.3, 0.4) is 0 Å². The number of halogens is 5. The standard InChI is InChI=1S/C22H16Cl2F3N3O3S/c1-33-18-5-2-11(6-16(18)24)13-8-19(31)30-21(14(13)9-28)34-10-20(32)29-17-7-12(22(25,26)27)3-4-15(17)23/h2-7,13H,8,10H2,1H3,(H,29,32)(H,30,31)/t13-/m0/s1. The number of allylic oxidation sites excluding steroid dienone is 1. The number of nitriles is 1.